The molecule has 1 unspecified atom stereocenters. The van der Waals surface area contributed by atoms with Crippen LogP contribution in [0, 0.1) is 0 Å². The average Bonchev–Trinajstić information content (AvgIpc) is 3.79. The highest BCUT2D eigenvalue weighted by molar-refractivity contribution is 9.10. The fourth-order valence-electron chi connectivity index (χ4n) is 7.51. The van der Waals surface area contributed by atoms with Gasteiger partial charge < -0.3 is 29.7 Å². The molecule has 3 aliphatic heterocycles. The number of halogens is 1. The molecule has 3 N–H and O–H groups in total. The molecule has 0 radical (unpaired) electrons. The van der Waals surface area contributed by atoms with Crippen molar-refractivity contribution in [2.75, 3.05) is 58.4 Å². The first-order valence-corrected chi connectivity index (χ1v) is 20.3. The fraction of sp³-hybridized carbons (Fsp3) is 0.425. The number of amides is 5. The Kier molecular flexibility index (Phi) is 13.4. The monoisotopic (exact) mass is 888 g/mol. The number of anilines is 1. The number of benzene rings is 2. The molecule has 4 aromatic rings. The molecule has 316 valence electrons. The van der Waals surface area contributed by atoms with Crippen molar-refractivity contribution < 1.29 is 38.2 Å². The summed E-state index contributed by atoms with van der Waals surface area (Å²) in [5, 5.41) is 21.0. The summed E-state index contributed by atoms with van der Waals surface area (Å²) in [5.41, 5.74) is 3.00. The van der Waals surface area contributed by atoms with Crippen molar-refractivity contribution in [3.8, 4) is 5.75 Å². The number of rotatable bonds is 17. The number of imide groups is 2. The van der Waals surface area contributed by atoms with Crippen LogP contribution in [-0.2, 0) is 39.3 Å². The Balaban J connectivity index is 0.776. The van der Waals surface area contributed by atoms with E-state index in [4.69, 9.17) is 14.2 Å². The van der Waals surface area contributed by atoms with Crippen LogP contribution < -0.4 is 26.2 Å². The summed E-state index contributed by atoms with van der Waals surface area (Å²) in [6.07, 6.45) is 4.36. The van der Waals surface area contributed by atoms with Crippen LogP contribution in [0.3, 0.4) is 0 Å². The lowest BCUT2D eigenvalue weighted by molar-refractivity contribution is -0.136. The number of likely N-dealkylation sites (N-methyl/N-ethyl adjacent to an activating group) is 1. The van der Waals surface area contributed by atoms with Gasteiger partial charge in [-0.15, -0.1) is 5.10 Å². The first-order valence-electron chi connectivity index (χ1n) is 19.5. The number of likely N-dealkylation sites (tertiary alicyclic amines) is 1. The molecule has 2 saturated heterocycles. The molecule has 20 heteroatoms. The summed E-state index contributed by atoms with van der Waals surface area (Å²) < 4.78 is 20.4. The molecule has 3 atom stereocenters. The SMILES string of the molecule is CN1C[C@H](Nc2cnn(C)c(=O)c2Br)C[C@H](c2ccc(C(=O)NCCn3cc(COCCOCCOc4cccc5c4C(=O)N(C4CCC(=O)NC4=O)C5=O)nn3)cc2)C1. The van der Waals surface area contributed by atoms with Crippen molar-refractivity contribution in [2.24, 2.45) is 7.05 Å². The number of aromatic nitrogens is 5. The smallest absolute Gasteiger partial charge is 0.282 e. The number of piperidine rings is 2. The molecule has 5 amide bonds. The Morgan fingerprint density at radius 2 is 1.75 bits per heavy atom. The van der Waals surface area contributed by atoms with Gasteiger partial charge in [0.2, 0.25) is 11.8 Å². The van der Waals surface area contributed by atoms with E-state index in [2.05, 4.69) is 59.2 Å². The van der Waals surface area contributed by atoms with Crippen LogP contribution in [0.15, 0.2) is 64.1 Å². The molecule has 0 saturated carbocycles. The van der Waals surface area contributed by atoms with E-state index in [0.717, 1.165) is 30.0 Å². The quantitative estimate of drug-likeness (QED) is 0.101. The van der Waals surface area contributed by atoms with Gasteiger partial charge in [-0.25, -0.2) is 4.68 Å². The number of hydrogen-bond acceptors (Lipinski definition) is 14. The van der Waals surface area contributed by atoms with E-state index in [1.54, 1.807) is 36.3 Å². The van der Waals surface area contributed by atoms with Gasteiger partial charge in [-0.3, -0.25) is 43.7 Å². The van der Waals surface area contributed by atoms with Crippen molar-refractivity contribution in [1.29, 1.82) is 0 Å². The van der Waals surface area contributed by atoms with E-state index in [9.17, 15) is 28.8 Å². The van der Waals surface area contributed by atoms with Crippen LogP contribution >= 0.6 is 15.9 Å². The zero-order chi connectivity index (χ0) is 42.3. The zero-order valence-electron chi connectivity index (χ0n) is 33.1. The molecular formula is C40H45BrN10O9. The maximum atomic E-state index is 13.2. The Morgan fingerprint density at radius 3 is 2.55 bits per heavy atom. The molecule has 5 heterocycles. The van der Waals surface area contributed by atoms with E-state index in [0.29, 0.717) is 34.5 Å². The summed E-state index contributed by atoms with van der Waals surface area (Å²) in [4.78, 5) is 78.5. The van der Waals surface area contributed by atoms with Gasteiger partial charge in [0.25, 0.3) is 23.3 Å². The second-order valence-electron chi connectivity index (χ2n) is 14.8. The first kappa shape index (κ1) is 42.3. The highest BCUT2D eigenvalue weighted by Gasteiger charge is 2.46. The number of nitrogens with one attached hydrogen (secondary N) is 3. The number of ether oxygens (including phenoxy) is 3. The number of nitrogens with zero attached hydrogens (tertiary/aromatic N) is 7. The molecule has 3 aliphatic rings. The van der Waals surface area contributed by atoms with Gasteiger partial charge in [-0.2, -0.15) is 5.10 Å². The Hall–Kier alpha value is -5.83. The van der Waals surface area contributed by atoms with E-state index in [-0.39, 0.29) is 86.2 Å². The highest BCUT2D eigenvalue weighted by atomic mass is 79.9. The van der Waals surface area contributed by atoms with Crippen molar-refractivity contribution in [2.45, 2.75) is 50.4 Å². The van der Waals surface area contributed by atoms with Crippen LogP contribution in [0.1, 0.15) is 67.5 Å². The minimum atomic E-state index is -1.06. The minimum Gasteiger partial charge on any atom is -0.490 e. The van der Waals surface area contributed by atoms with Crippen molar-refractivity contribution in [1.82, 2.24) is 45.2 Å². The zero-order valence-corrected chi connectivity index (χ0v) is 34.7. The van der Waals surface area contributed by atoms with Gasteiger partial charge in [0, 0.05) is 44.7 Å². The normalized spacial score (nSPS) is 19.3. The maximum Gasteiger partial charge on any atom is 0.282 e. The average molecular weight is 890 g/mol. The fourth-order valence-corrected chi connectivity index (χ4v) is 7.99. The molecule has 19 nitrogen and oxygen atoms in total. The predicted molar refractivity (Wildman–Crippen MR) is 217 cm³/mol. The molecule has 0 bridgehead atoms. The molecular weight excluding hydrogens is 844 g/mol. The minimum absolute atomic E-state index is 0.0360. The molecule has 7 rings (SSSR count). The summed E-state index contributed by atoms with van der Waals surface area (Å²) in [5.74, 6) is -2.10. The molecule has 2 aromatic heterocycles. The Morgan fingerprint density at radius 1 is 0.967 bits per heavy atom. The van der Waals surface area contributed by atoms with Crippen molar-refractivity contribution in [3.63, 3.8) is 0 Å². The topological polar surface area (TPSA) is 221 Å². The van der Waals surface area contributed by atoms with E-state index in [1.807, 2.05) is 24.3 Å². The largest absolute Gasteiger partial charge is 0.490 e. The molecule has 2 fully saturated rings. The second kappa shape index (κ2) is 19.0. The number of carbonyl (C=O) groups is 5. The summed E-state index contributed by atoms with van der Waals surface area (Å²) in [6, 6.07) is 11.4. The van der Waals surface area contributed by atoms with Gasteiger partial charge in [0.05, 0.1) is 62.2 Å². The summed E-state index contributed by atoms with van der Waals surface area (Å²) >= 11 is 3.40. The third-order valence-electron chi connectivity index (χ3n) is 10.5. The van der Waals surface area contributed by atoms with Crippen LogP contribution in [0.25, 0.3) is 0 Å². The van der Waals surface area contributed by atoms with Gasteiger partial charge >= 0.3 is 0 Å². The van der Waals surface area contributed by atoms with Crippen molar-refractivity contribution >= 4 is 51.2 Å². The Labute approximate surface area is 352 Å². The Bertz CT molecular complexity index is 2320. The van der Waals surface area contributed by atoms with Gasteiger partial charge in [-0.1, -0.05) is 23.4 Å². The van der Waals surface area contributed by atoms with Crippen molar-refractivity contribution in [3.05, 3.63) is 97.6 Å². The predicted octanol–water partition coefficient (Wildman–Crippen LogP) is 1.48. The molecule has 0 spiro atoms. The second-order valence-corrected chi connectivity index (χ2v) is 15.6. The lowest BCUT2D eigenvalue weighted by Gasteiger charge is -2.37. The van der Waals surface area contributed by atoms with Gasteiger partial charge in [0.1, 0.15) is 28.6 Å². The summed E-state index contributed by atoms with van der Waals surface area (Å²) in [7, 11) is 3.68. The van der Waals surface area contributed by atoms with E-state index < -0.39 is 29.7 Å². The lowest BCUT2D eigenvalue weighted by atomic mass is 9.87. The summed E-state index contributed by atoms with van der Waals surface area (Å²) in [6.45, 7) is 3.50. The van der Waals surface area contributed by atoms with Gasteiger partial charge in [-0.05, 0) is 71.6 Å². The third-order valence-corrected chi connectivity index (χ3v) is 11.2. The number of carbonyl (C=O) groups excluding carboxylic acids is 5. The van der Waals surface area contributed by atoms with Crippen LogP contribution in [0.5, 0.6) is 5.75 Å². The number of aryl methyl sites for hydroxylation is 1. The van der Waals surface area contributed by atoms with Gasteiger partial charge in [0.15, 0.2) is 0 Å². The number of hydrogen-bond donors (Lipinski definition) is 3. The maximum absolute atomic E-state index is 13.2. The molecule has 2 aromatic carbocycles. The standard InChI is InChI=1S/C40H45BrN10O9/c1-48-20-26(18-27(21-48)44-30-19-43-49(2)40(57)35(30)41)24-6-8-25(9-7-24)36(53)42-12-13-50-22-28(46-47-50)23-59-15-14-58-16-17-60-32-5-3-4-29-34(32)39(56)51(38(29)55)31-10-11-33(52)45-37(31)54/h3-9,19,22,26-27,31,44H,10-18,20-21,23H2,1-2H3,(H,42,53)(H,45,52,54)/t26-,27+,31?/m0/s1. The molecule has 0 aliphatic carbocycles. The van der Waals surface area contributed by atoms with E-state index in [1.165, 1.54) is 10.7 Å². The first-order chi connectivity index (χ1) is 29.0. The number of fused-ring (bicyclic) bond motifs is 1. The van der Waals surface area contributed by atoms with Crippen LogP contribution in [0.4, 0.5) is 5.69 Å². The van der Waals surface area contributed by atoms with E-state index >= 15 is 0 Å². The highest BCUT2D eigenvalue weighted by Crippen LogP contribution is 2.34. The molecule has 60 heavy (non-hydrogen) atoms. The van der Waals surface area contributed by atoms with Crippen LogP contribution in [-0.4, -0.2) is 129 Å². The van der Waals surface area contributed by atoms with Crippen LogP contribution in [0.2, 0.25) is 0 Å². The lowest BCUT2D eigenvalue weighted by Crippen LogP contribution is -2.54. The third kappa shape index (κ3) is 9.78.